The summed E-state index contributed by atoms with van der Waals surface area (Å²) >= 11 is 0. The molecule has 1 aromatic rings. The summed E-state index contributed by atoms with van der Waals surface area (Å²) in [5, 5.41) is 38.6. The van der Waals surface area contributed by atoms with Crippen molar-refractivity contribution in [3.05, 3.63) is 42.1 Å². The van der Waals surface area contributed by atoms with Gasteiger partial charge in [0.1, 0.15) is 30.8 Å². The highest BCUT2D eigenvalue weighted by Gasteiger charge is 2.31. The topological polar surface area (TPSA) is 396 Å². The van der Waals surface area contributed by atoms with Crippen molar-refractivity contribution < 1.29 is 80.5 Å². The summed E-state index contributed by atoms with van der Waals surface area (Å²) in [6, 6.07) is 3.90. The fraction of sp³-hybridized carbons (Fsp3) is 0.742. The third kappa shape index (κ3) is 48.0. The molecule has 1 aromatic carbocycles. The Hall–Kier alpha value is -5.74. The zero-order valence-corrected chi connectivity index (χ0v) is 56.3. The fourth-order valence-corrected chi connectivity index (χ4v) is 10.8. The molecule has 526 valence electrons. The van der Waals surface area contributed by atoms with E-state index in [1.54, 1.807) is 24.1 Å². The maximum atomic E-state index is 14.0. The highest BCUT2D eigenvalue weighted by molar-refractivity contribution is 7.85. The van der Waals surface area contributed by atoms with Gasteiger partial charge in [0.2, 0.25) is 17.7 Å². The molecule has 0 aliphatic rings. The van der Waals surface area contributed by atoms with Crippen molar-refractivity contribution in [1.82, 2.24) is 26.2 Å². The number of benzene rings is 1. The minimum atomic E-state index is -3.85. The summed E-state index contributed by atoms with van der Waals surface area (Å²) in [7, 11) is -2.18. The van der Waals surface area contributed by atoms with Gasteiger partial charge in [0, 0.05) is 63.4 Å². The molecule has 92 heavy (non-hydrogen) atoms. The fourth-order valence-electron chi connectivity index (χ4n) is 10.2. The number of Topliss-reactive ketones (excluding diaryl/α,β-unsaturated/α-hetero) is 4. The highest BCUT2D eigenvalue weighted by atomic mass is 32.2. The molecule has 1 rings (SSSR count). The van der Waals surface area contributed by atoms with Crippen LogP contribution in [0.25, 0.3) is 0 Å². The van der Waals surface area contributed by atoms with E-state index < -0.39 is 46.0 Å². The number of aliphatic carboxylic acids is 1. The summed E-state index contributed by atoms with van der Waals surface area (Å²) in [6.45, 7) is 9.29. The number of carboxylic acid groups (broad SMARTS) is 1. The number of allylic oxidation sites excluding steroid dienone is 1. The summed E-state index contributed by atoms with van der Waals surface area (Å²) in [5.41, 5.74) is 12.7. The lowest BCUT2D eigenvalue weighted by atomic mass is 9.89. The van der Waals surface area contributed by atoms with Gasteiger partial charge < -0.3 is 61.9 Å². The first-order chi connectivity index (χ1) is 43.9. The molecule has 4 atom stereocenters. The molecule has 26 heteroatoms. The van der Waals surface area contributed by atoms with Crippen LogP contribution in [0.3, 0.4) is 0 Å². The van der Waals surface area contributed by atoms with E-state index >= 15 is 0 Å². The number of amidine groups is 1. The van der Waals surface area contributed by atoms with Crippen LogP contribution in [0.2, 0.25) is 0 Å². The number of nitrogens with one attached hydrogen (secondary N) is 5. The second-order valence-electron chi connectivity index (χ2n) is 24.4. The molecule has 0 spiro atoms. The van der Waals surface area contributed by atoms with Crippen LogP contribution in [0, 0.1) is 17.2 Å². The van der Waals surface area contributed by atoms with Gasteiger partial charge in [0.25, 0.3) is 10.1 Å². The average Bonchev–Trinajstić information content (AvgIpc) is 1.19. The SMILES string of the molecule is C=C(CCCCCCCCCCCCCCCS(=O)(=O)O)N[C@@H](CCC(=O)NCCOCCOCC(=O)CCCOCCOCC(=O)NCCCC[C@H](NCC(=O)CC(C)C)C(=O)CN(C)[C@@H](CCCCC(=N)N)C(=O)C[C@@H](Cc1ccc(O)cc1)C(N)=O)C(=O)O. The minimum Gasteiger partial charge on any atom is -0.508 e. The van der Waals surface area contributed by atoms with Crippen LogP contribution >= 0.6 is 0 Å². The van der Waals surface area contributed by atoms with Crippen molar-refractivity contribution in [3.63, 3.8) is 0 Å². The Morgan fingerprint density at radius 1 is 0.609 bits per heavy atom. The normalized spacial score (nSPS) is 12.9. The number of amides is 3. The van der Waals surface area contributed by atoms with Gasteiger partial charge in [-0.3, -0.25) is 48.4 Å². The average molecular weight is 1320 g/mol. The number of unbranched alkanes of at least 4 members (excludes halogenated alkanes) is 14. The number of ketones is 4. The number of phenolic OH excluding ortho intramolecular Hbond substituents is 1. The molecular weight excluding hydrogens is 1210 g/mol. The van der Waals surface area contributed by atoms with Crippen LogP contribution in [0.1, 0.15) is 193 Å². The molecule has 12 N–H and O–H groups in total. The quantitative estimate of drug-likeness (QED) is 0.0145. The number of hydrogen-bond acceptors (Lipinski definition) is 19. The molecule has 0 saturated carbocycles. The van der Waals surface area contributed by atoms with Gasteiger partial charge in [-0.15, -0.1) is 0 Å². The Kier molecular flexibility index (Phi) is 48.2. The van der Waals surface area contributed by atoms with Crippen molar-refractivity contribution in [1.29, 1.82) is 5.41 Å². The number of carboxylic acids is 1. The van der Waals surface area contributed by atoms with E-state index in [1.807, 2.05) is 13.8 Å². The number of aromatic hydroxyl groups is 1. The molecule has 0 aromatic heterocycles. The van der Waals surface area contributed by atoms with Gasteiger partial charge in [-0.25, -0.2) is 4.79 Å². The second-order valence-corrected chi connectivity index (χ2v) is 25.9. The number of ether oxygens (including phenoxy) is 4. The number of rotatable bonds is 64. The summed E-state index contributed by atoms with van der Waals surface area (Å²) in [5.74, 6) is -3.72. The largest absolute Gasteiger partial charge is 0.508 e. The number of carbonyl (C=O) groups is 8. The third-order valence-corrected chi connectivity index (χ3v) is 16.1. The van der Waals surface area contributed by atoms with E-state index in [2.05, 4.69) is 27.8 Å². The lowest BCUT2D eigenvalue weighted by Crippen LogP contribution is -2.48. The molecule has 3 amide bonds. The molecule has 0 bridgehead atoms. The molecule has 25 nitrogen and oxygen atoms in total. The number of nitrogens with two attached hydrogens (primary N) is 2. The van der Waals surface area contributed by atoms with Crippen LogP contribution in [0.15, 0.2) is 36.5 Å². The predicted molar refractivity (Wildman–Crippen MR) is 354 cm³/mol. The monoisotopic (exact) mass is 1320 g/mol. The molecule has 0 saturated heterocycles. The molecule has 0 aliphatic carbocycles. The van der Waals surface area contributed by atoms with Gasteiger partial charge in [-0.1, -0.05) is 110 Å². The second kappa shape index (κ2) is 52.6. The van der Waals surface area contributed by atoms with Gasteiger partial charge in [-0.2, -0.15) is 8.42 Å². The van der Waals surface area contributed by atoms with E-state index in [-0.39, 0.29) is 156 Å². The first-order valence-electron chi connectivity index (χ1n) is 33.3. The maximum absolute atomic E-state index is 14.0. The third-order valence-electron chi connectivity index (χ3n) is 15.3. The summed E-state index contributed by atoms with van der Waals surface area (Å²) in [4.78, 5) is 104. The smallest absolute Gasteiger partial charge is 0.326 e. The predicted octanol–water partition coefficient (Wildman–Crippen LogP) is 6.44. The van der Waals surface area contributed by atoms with E-state index in [4.69, 9.17) is 40.4 Å². The number of hydrogen-bond donors (Lipinski definition) is 10. The molecule has 0 unspecified atom stereocenters. The Labute approximate surface area is 547 Å². The van der Waals surface area contributed by atoms with Crippen LogP contribution in [-0.4, -0.2) is 191 Å². The van der Waals surface area contributed by atoms with Crippen molar-refractivity contribution >= 4 is 62.8 Å². The standard InChI is InChI=1S/C66H114N8O17S/c1-50(2)43-56(77)46-72-57(61(79)47-74(4)59(26-17-18-27-62(67)68)60(78)45-53(65(69)82)44-52-28-30-54(75)31-29-52)25-19-20-34-70-64(81)49-91-41-38-88-36-22-24-55(76)48-90-40-39-89-37-35-71-63(80)33-32-58(66(83)84)73-51(3)23-16-14-12-10-8-6-5-7-9-11-13-15-21-42-92(85,86)87/h28-31,50,53,57-59,72-73,75H,3,5-27,32-49H2,1-2,4H3,(H3,67,68)(H2,69,82)(H,70,81)(H,71,80)(H,83,84)(H,85,86,87)/t53-,57+,58+,59+/m1/s1. The number of carbonyl (C=O) groups excluding carboxylic acids is 7. The zero-order chi connectivity index (χ0) is 68.4. The first-order valence-corrected chi connectivity index (χ1v) is 34.9. The number of nitrogens with zero attached hydrogens (tertiary/aromatic N) is 1. The Morgan fingerprint density at radius 3 is 1.77 bits per heavy atom. The van der Waals surface area contributed by atoms with Gasteiger partial charge in [0.05, 0.1) is 69.8 Å². The number of phenols is 1. The van der Waals surface area contributed by atoms with Gasteiger partial charge in [-0.05, 0) is 101 Å². The Balaban J connectivity index is 2.27. The molecule has 0 aliphatic heterocycles. The Morgan fingerprint density at radius 2 is 1.17 bits per heavy atom. The van der Waals surface area contributed by atoms with Crippen molar-refractivity contribution in [2.45, 2.75) is 212 Å². The van der Waals surface area contributed by atoms with Gasteiger partial charge >= 0.3 is 5.97 Å². The van der Waals surface area contributed by atoms with Crippen LogP contribution in [-0.2, 0) is 73.8 Å². The Bertz CT molecular complexity index is 2420. The highest BCUT2D eigenvalue weighted by Crippen LogP contribution is 2.21. The van der Waals surface area contributed by atoms with E-state index in [1.165, 1.54) is 37.8 Å². The first kappa shape index (κ1) is 84.3. The number of likely N-dealkylation sites (N-methyl/N-ethyl adjacent to an activating group) is 1. The van der Waals surface area contributed by atoms with E-state index in [9.17, 15) is 57.0 Å². The van der Waals surface area contributed by atoms with Crippen molar-refractivity contribution in [3.8, 4) is 5.75 Å². The lowest BCUT2D eigenvalue weighted by Gasteiger charge is -2.29. The maximum Gasteiger partial charge on any atom is 0.326 e. The van der Waals surface area contributed by atoms with Crippen LogP contribution in [0.4, 0.5) is 0 Å². The van der Waals surface area contributed by atoms with Crippen molar-refractivity contribution in [2.24, 2.45) is 23.3 Å². The summed E-state index contributed by atoms with van der Waals surface area (Å²) < 4.78 is 52.2. The van der Waals surface area contributed by atoms with Crippen LogP contribution < -0.4 is 32.7 Å². The molecule has 0 radical (unpaired) electrons. The van der Waals surface area contributed by atoms with E-state index in [0.29, 0.717) is 89.5 Å². The van der Waals surface area contributed by atoms with E-state index in [0.717, 1.165) is 56.9 Å². The zero-order valence-electron chi connectivity index (χ0n) is 55.5. The molecule has 0 fully saturated rings. The number of primary amides is 1. The molecular formula is C66H114N8O17S. The minimum absolute atomic E-state index is 0.00908. The van der Waals surface area contributed by atoms with Gasteiger partial charge in [0.15, 0.2) is 17.3 Å². The lowest BCUT2D eigenvalue weighted by molar-refractivity contribution is -0.139. The molecule has 0 heterocycles. The summed E-state index contributed by atoms with van der Waals surface area (Å²) in [6.07, 6.45) is 18.5. The van der Waals surface area contributed by atoms with Crippen LogP contribution in [0.5, 0.6) is 5.75 Å². The van der Waals surface area contributed by atoms with Crippen molar-refractivity contribution in [2.75, 3.05) is 91.8 Å².